The van der Waals surface area contributed by atoms with E-state index in [-0.39, 0.29) is 23.8 Å². The SMILES string of the molecule is CNC(=O)[C@@H](Cc1ccccc1)N(Cc1cccc(Cl)c1)C(=O)CN(c1ccc(C)cc1)S(=O)(=O)c1ccc(OC)cc1. The molecule has 2 amide bonds. The van der Waals surface area contributed by atoms with Crippen molar-refractivity contribution in [2.45, 2.75) is 30.8 Å². The van der Waals surface area contributed by atoms with E-state index in [0.717, 1.165) is 15.4 Å². The van der Waals surface area contributed by atoms with Crippen LogP contribution in [0.3, 0.4) is 0 Å². The molecule has 10 heteroatoms. The zero-order valence-corrected chi connectivity index (χ0v) is 25.8. The number of halogens is 1. The number of nitrogens with zero attached hydrogens (tertiary/aromatic N) is 2. The lowest BCUT2D eigenvalue weighted by atomic mass is 10.0. The predicted molar refractivity (Wildman–Crippen MR) is 169 cm³/mol. The third-order valence-electron chi connectivity index (χ3n) is 7.01. The van der Waals surface area contributed by atoms with Crippen molar-refractivity contribution in [1.82, 2.24) is 10.2 Å². The van der Waals surface area contributed by atoms with E-state index in [4.69, 9.17) is 16.3 Å². The van der Waals surface area contributed by atoms with Crippen molar-refractivity contribution in [3.63, 3.8) is 0 Å². The van der Waals surface area contributed by atoms with Crippen molar-refractivity contribution in [2.24, 2.45) is 0 Å². The Kier molecular flexibility index (Phi) is 10.4. The van der Waals surface area contributed by atoms with Crippen LogP contribution in [0, 0.1) is 6.92 Å². The summed E-state index contributed by atoms with van der Waals surface area (Å²) in [4.78, 5) is 29.0. The fraction of sp³-hybridized carbons (Fsp3) is 0.212. The van der Waals surface area contributed by atoms with Gasteiger partial charge in [-0.25, -0.2) is 8.42 Å². The van der Waals surface area contributed by atoms with E-state index in [1.807, 2.05) is 37.3 Å². The predicted octanol–water partition coefficient (Wildman–Crippen LogP) is 5.24. The molecule has 0 bridgehead atoms. The normalized spacial score (nSPS) is 11.8. The Morgan fingerprint density at radius 3 is 2.14 bits per heavy atom. The number of hydrogen-bond donors (Lipinski definition) is 1. The summed E-state index contributed by atoms with van der Waals surface area (Å²) in [6, 6.07) is 28.3. The van der Waals surface area contributed by atoms with E-state index < -0.39 is 28.5 Å². The van der Waals surface area contributed by atoms with E-state index in [0.29, 0.717) is 22.0 Å². The number of ether oxygens (including phenoxy) is 1. The number of methoxy groups -OCH3 is 1. The van der Waals surface area contributed by atoms with E-state index >= 15 is 0 Å². The van der Waals surface area contributed by atoms with Gasteiger partial charge in [-0.15, -0.1) is 0 Å². The second-order valence-corrected chi connectivity index (χ2v) is 12.3. The maximum atomic E-state index is 14.3. The molecule has 0 unspecified atom stereocenters. The van der Waals surface area contributed by atoms with Crippen LogP contribution in [-0.2, 0) is 32.6 Å². The minimum absolute atomic E-state index is 0.00444. The second-order valence-electron chi connectivity index (χ2n) is 9.99. The van der Waals surface area contributed by atoms with E-state index in [1.54, 1.807) is 60.7 Å². The number of likely N-dealkylation sites (N-methyl/N-ethyl adjacent to an activating group) is 1. The van der Waals surface area contributed by atoms with Gasteiger partial charge in [0.15, 0.2) is 0 Å². The smallest absolute Gasteiger partial charge is 0.264 e. The number of sulfonamides is 1. The zero-order valence-electron chi connectivity index (χ0n) is 24.2. The number of carbonyl (C=O) groups is 2. The van der Waals surface area contributed by atoms with Gasteiger partial charge < -0.3 is 15.0 Å². The van der Waals surface area contributed by atoms with Crippen molar-refractivity contribution in [1.29, 1.82) is 0 Å². The monoisotopic (exact) mass is 619 g/mol. The first kappa shape index (κ1) is 31.6. The van der Waals surface area contributed by atoms with Gasteiger partial charge in [-0.1, -0.05) is 71.8 Å². The summed E-state index contributed by atoms with van der Waals surface area (Å²) in [5, 5.41) is 3.15. The molecular formula is C33H34ClN3O5S. The van der Waals surface area contributed by atoms with Gasteiger partial charge in [0, 0.05) is 25.0 Å². The highest BCUT2D eigenvalue weighted by Crippen LogP contribution is 2.27. The molecule has 0 aromatic heterocycles. The van der Waals surface area contributed by atoms with Crippen LogP contribution in [0.1, 0.15) is 16.7 Å². The van der Waals surface area contributed by atoms with Crippen molar-refractivity contribution in [3.05, 3.63) is 125 Å². The number of nitrogens with one attached hydrogen (secondary N) is 1. The highest BCUT2D eigenvalue weighted by Gasteiger charge is 2.34. The lowest BCUT2D eigenvalue weighted by molar-refractivity contribution is -0.139. The number of rotatable bonds is 12. The first-order chi connectivity index (χ1) is 20.6. The molecule has 1 N–H and O–H groups in total. The molecule has 0 spiro atoms. The van der Waals surface area contributed by atoms with Gasteiger partial charge in [0.05, 0.1) is 17.7 Å². The van der Waals surface area contributed by atoms with Gasteiger partial charge in [-0.3, -0.25) is 13.9 Å². The molecule has 224 valence electrons. The molecule has 0 aliphatic heterocycles. The van der Waals surface area contributed by atoms with Crippen LogP contribution in [0.25, 0.3) is 0 Å². The zero-order chi connectivity index (χ0) is 31.0. The van der Waals surface area contributed by atoms with Gasteiger partial charge >= 0.3 is 0 Å². The average Bonchev–Trinajstić information content (AvgIpc) is 3.02. The lowest BCUT2D eigenvalue weighted by Crippen LogP contribution is -2.53. The van der Waals surface area contributed by atoms with Crippen molar-refractivity contribution >= 4 is 39.1 Å². The Bertz CT molecular complexity index is 1650. The molecule has 4 aromatic carbocycles. The van der Waals surface area contributed by atoms with Crippen LogP contribution >= 0.6 is 11.6 Å². The molecule has 4 rings (SSSR count). The summed E-state index contributed by atoms with van der Waals surface area (Å²) in [5.74, 6) is -0.430. The topological polar surface area (TPSA) is 96.0 Å². The third-order valence-corrected chi connectivity index (χ3v) is 9.03. The van der Waals surface area contributed by atoms with Crippen LogP contribution in [0.15, 0.2) is 108 Å². The van der Waals surface area contributed by atoms with E-state index in [9.17, 15) is 18.0 Å². The lowest BCUT2D eigenvalue weighted by Gasteiger charge is -2.33. The van der Waals surface area contributed by atoms with Crippen LogP contribution < -0.4 is 14.4 Å². The van der Waals surface area contributed by atoms with Gasteiger partial charge in [-0.05, 0) is 66.6 Å². The van der Waals surface area contributed by atoms with Crippen LogP contribution in [0.5, 0.6) is 5.75 Å². The summed E-state index contributed by atoms with van der Waals surface area (Å²) < 4.78 is 34.4. The largest absolute Gasteiger partial charge is 0.497 e. The summed E-state index contributed by atoms with van der Waals surface area (Å²) in [7, 11) is -1.20. The van der Waals surface area contributed by atoms with Crippen LogP contribution in [0.2, 0.25) is 5.02 Å². The summed E-state index contributed by atoms with van der Waals surface area (Å²) in [6.07, 6.45) is 0.225. The Morgan fingerprint density at radius 2 is 1.53 bits per heavy atom. The Hall–Kier alpha value is -4.34. The van der Waals surface area contributed by atoms with Gasteiger partial charge in [0.25, 0.3) is 10.0 Å². The molecule has 0 radical (unpaired) electrons. The van der Waals surface area contributed by atoms with Crippen molar-refractivity contribution in [2.75, 3.05) is 25.0 Å². The molecule has 1 atom stereocenters. The molecule has 0 aliphatic rings. The minimum atomic E-state index is -4.20. The van der Waals surface area contributed by atoms with Gasteiger partial charge in [0.1, 0.15) is 18.3 Å². The molecule has 0 heterocycles. The fourth-order valence-electron chi connectivity index (χ4n) is 4.67. The quantitative estimate of drug-likeness (QED) is 0.234. The van der Waals surface area contributed by atoms with Crippen molar-refractivity contribution in [3.8, 4) is 5.75 Å². The first-order valence-electron chi connectivity index (χ1n) is 13.6. The molecular weight excluding hydrogens is 586 g/mol. The summed E-state index contributed by atoms with van der Waals surface area (Å²) >= 11 is 6.25. The van der Waals surface area contributed by atoms with E-state index in [2.05, 4.69) is 5.32 Å². The molecule has 43 heavy (non-hydrogen) atoms. The summed E-state index contributed by atoms with van der Waals surface area (Å²) in [5.41, 5.74) is 2.79. The van der Waals surface area contributed by atoms with E-state index in [1.165, 1.54) is 31.2 Å². The van der Waals surface area contributed by atoms with Gasteiger partial charge in [0.2, 0.25) is 11.8 Å². The Morgan fingerprint density at radius 1 is 0.884 bits per heavy atom. The first-order valence-corrected chi connectivity index (χ1v) is 15.5. The minimum Gasteiger partial charge on any atom is -0.497 e. The highest BCUT2D eigenvalue weighted by atomic mass is 35.5. The fourth-order valence-corrected chi connectivity index (χ4v) is 6.29. The van der Waals surface area contributed by atoms with Gasteiger partial charge in [-0.2, -0.15) is 0 Å². The highest BCUT2D eigenvalue weighted by molar-refractivity contribution is 7.92. The number of anilines is 1. The maximum Gasteiger partial charge on any atom is 0.264 e. The molecule has 0 aliphatic carbocycles. The second kappa shape index (κ2) is 14.2. The van der Waals surface area contributed by atoms with Crippen LogP contribution in [-0.4, -0.2) is 51.9 Å². The number of carbonyl (C=O) groups excluding carboxylic acids is 2. The number of aryl methyl sites for hydroxylation is 1. The number of benzene rings is 4. The number of amides is 2. The summed E-state index contributed by atoms with van der Waals surface area (Å²) in [6.45, 7) is 1.39. The third kappa shape index (κ3) is 7.94. The Labute approximate surface area is 257 Å². The van der Waals surface area contributed by atoms with Crippen LogP contribution in [0.4, 0.5) is 5.69 Å². The maximum absolute atomic E-state index is 14.3. The molecule has 0 saturated carbocycles. The Balaban J connectivity index is 1.78. The molecule has 0 fully saturated rings. The number of hydrogen-bond acceptors (Lipinski definition) is 5. The molecule has 0 saturated heterocycles. The average molecular weight is 620 g/mol. The molecule has 8 nitrogen and oxygen atoms in total. The van der Waals surface area contributed by atoms with Crippen molar-refractivity contribution < 1.29 is 22.7 Å². The standard InChI is InChI=1S/C33H34ClN3O5S/c1-24-12-14-28(15-13-24)37(43(40,41)30-18-16-29(42-3)17-19-30)23-32(38)36(22-26-10-7-11-27(34)20-26)31(33(39)35-2)21-25-8-5-4-6-9-25/h4-20,31H,21-23H2,1-3H3,(H,35,39)/t31-/m1/s1. The molecule has 4 aromatic rings.